The van der Waals surface area contributed by atoms with Crippen molar-refractivity contribution >= 4 is 0 Å². The van der Waals surface area contributed by atoms with Gasteiger partial charge in [-0.05, 0) is 59.2 Å². The van der Waals surface area contributed by atoms with Crippen LogP contribution in [0.5, 0.6) is 80.5 Å². The van der Waals surface area contributed by atoms with Gasteiger partial charge < -0.3 is 85.7 Å². The fraction of sp³-hybridized carbons (Fsp3) is 0.200. The van der Waals surface area contributed by atoms with Crippen molar-refractivity contribution in [3.8, 4) is 80.5 Å². The Hall–Kier alpha value is -7.60. The summed E-state index contributed by atoms with van der Waals surface area (Å²) in [5.74, 6) is -9.29. The van der Waals surface area contributed by atoms with Crippen LogP contribution in [-0.2, 0) is 6.42 Å². The summed E-state index contributed by atoms with van der Waals surface area (Å²) in [6.07, 6.45) is -9.31. The first kappa shape index (κ1) is 39.8. The van der Waals surface area contributed by atoms with E-state index in [-0.39, 0.29) is 68.2 Å². The molecule has 0 fully saturated rings. The van der Waals surface area contributed by atoms with E-state index in [4.69, 9.17) is 14.2 Å². The highest BCUT2D eigenvalue weighted by molar-refractivity contribution is 5.68. The second-order valence-electron chi connectivity index (χ2n) is 15.5. The Kier molecular flexibility index (Phi) is 9.35. The molecular formula is C45H38O17. The molecule has 0 radical (unpaired) electrons. The lowest BCUT2D eigenvalue weighted by Crippen LogP contribution is -2.39. The topological polar surface area (TPSA) is 311 Å². The molecule has 0 bridgehead atoms. The Bertz CT molecular complexity index is 2790. The fourth-order valence-electron chi connectivity index (χ4n) is 8.86. The van der Waals surface area contributed by atoms with Crippen LogP contribution in [0.1, 0.15) is 74.7 Å². The van der Waals surface area contributed by atoms with Crippen molar-refractivity contribution in [3.05, 3.63) is 129 Å². The van der Waals surface area contributed by atoms with Crippen molar-refractivity contribution in [1.82, 2.24) is 0 Å². The van der Waals surface area contributed by atoms with Gasteiger partial charge in [-0.25, -0.2) is 0 Å². The van der Waals surface area contributed by atoms with Gasteiger partial charge in [0, 0.05) is 58.4 Å². The van der Waals surface area contributed by atoms with Gasteiger partial charge >= 0.3 is 0 Å². The van der Waals surface area contributed by atoms with Gasteiger partial charge in [0.15, 0.2) is 46.7 Å². The van der Waals surface area contributed by atoms with E-state index in [0.29, 0.717) is 0 Å². The van der Waals surface area contributed by atoms with Crippen LogP contribution in [0.15, 0.2) is 84.9 Å². The third-order valence-electron chi connectivity index (χ3n) is 11.7. The molecule has 0 saturated carbocycles. The highest BCUT2D eigenvalue weighted by atomic mass is 16.5. The summed E-state index contributed by atoms with van der Waals surface area (Å²) in [6, 6.07) is 16.6. The summed E-state index contributed by atoms with van der Waals surface area (Å²) in [5, 5.41) is 154. The maximum atomic E-state index is 12.5. The molecule has 0 amide bonds. The molecule has 9 rings (SSSR count). The number of benzene rings is 6. The largest absolute Gasteiger partial charge is 0.508 e. The summed E-state index contributed by atoms with van der Waals surface area (Å²) >= 11 is 0. The summed E-state index contributed by atoms with van der Waals surface area (Å²) < 4.78 is 19.0. The van der Waals surface area contributed by atoms with E-state index in [1.165, 1.54) is 36.4 Å². The van der Waals surface area contributed by atoms with Gasteiger partial charge in [-0.2, -0.15) is 0 Å². The minimum atomic E-state index is -1.76. The van der Waals surface area contributed by atoms with E-state index in [0.717, 1.165) is 48.5 Å². The first-order valence-corrected chi connectivity index (χ1v) is 19.1. The second-order valence-corrected chi connectivity index (χ2v) is 15.5. The summed E-state index contributed by atoms with van der Waals surface area (Å²) in [5.41, 5.74) is -0.0583. The van der Waals surface area contributed by atoms with Gasteiger partial charge in [0.25, 0.3) is 0 Å². The molecule has 6 aromatic rings. The molecule has 17 heteroatoms. The van der Waals surface area contributed by atoms with Crippen molar-refractivity contribution in [2.75, 3.05) is 0 Å². The minimum absolute atomic E-state index is 0.0149. The second kappa shape index (κ2) is 14.5. The molecule has 3 heterocycles. The average Bonchev–Trinajstić information content (AvgIpc) is 3.22. The highest BCUT2D eigenvalue weighted by Gasteiger charge is 2.49. The van der Waals surface area contributed by atoms with Crippen LogP contribution in [-0.4, -0.2) is 89.8 Å². The number of aromatic hydroxyl groups is 11. The third-order valence-corrected chi connectivity index (χ3v) is 11.7. The zero-order valence-electron chi connectivity index (χ0n) is 31.9. The van der Waals surface area contributed by atoms with Crippen LogP contribution in [0.4, 0.5) is 0 Å². The monoisotopic (exact) mass is 850 g/mol. The standard InChI is InChI=1S/C45H38O17/c46-19-12-30(55)35-33(13-19)60-42(17-2-6-23(48)28(53)10-17)40(59)38(35)36-25(50)8-4-20-34(39(58)43(62-44(20)36)18-3-7-24(49)29(54)11-18)37-31(56)15-26(51)21-14-32(57)41(61-45(21)37)16-1-5-22(47)27(52)9-16/h1-13,15,32,34,38-43,46-59H,14H2. The van der Waals surface area contributed by atoms with Crippen LogP contribution >= 0.6 is 0 Å². The average molecular weight is 851 g/mol. The number of aliphatic hydroxyl groups excluding tert-OH is 3. The number of fused-ring (bicyclic) bond motifs is 3. The molecule has 0 spiro atoms. The number of ether oxygens (including phenoxy) is 3. The first-order chi connectivity index (χ1) is 29.5. The van der Waals surface area contributed by atoms with Gasteiger partial charge in [0.05, 0.1) is 12.0 Å². The van der Waals surface area contributed by atoms with Crippen molar-refractivity contribution in [2.24, 2.45) is 0 Å². The molecular weight excluding hydrogens is 812 g/mol. The predicted octanol–water partition coefficient (Wildman–Crippen LogP) is 4.74. The lowest BCUT2D eigenvalue weighted by Gasteiger charge is -2.43. The highest BCUT2D eigenvalue weighted by Crippen LogP contribution is 2.60. The zero-order valence-corrected chi connectivity index (χ0v) is 31.9. The number of phenolic OH excluding ortho intramolecular Hbond substituents is 11. The van der Waals surface area contributed by atoms with Crippen molar-refractivity contribution < 1.29 is 85.7 Å². The molecule has 3 aliphatic rings. The molecule has 14 N–H and O–H groups in total. The Labute approximate surface area is 349 Å². The fourth-order valence-corrected chi connectivity index (χ4v) is 8.86. The van der Waals surface area contributed by atoms with Gasteiger partial charge in [0.1, 0.15) is 64.3 Å². The zero-order chi connectivity index (χ0) is 44.0. The first-order valence-electron chi connectivity index (χ1n) is 19.1. The lowest BCUT2D eigenvalue weighted by atomic mass is 9.74. The maximum Gasteiger partial charge on any atom is 0.157 e. The van der Waals surface area contributed by atoms with E-state index >= 15 is 0 Å². The summed E-state index contributed by atoms with van der Waals surface area (Å²) in [7, 11) is 0. The van der Waals surface area contributed by atoms with E-state index in [1.54, 1.807) is 0 Å². The van der Waals surface area contributed by atoms with Gasteiger partial charge in [0.2, 0.25) is 0 Å². The van der Waals surface area contributed by atoms with Gasteiger partial charge in [-0.3, -0.25) is 0 Å². The van der Waals surface area contributed by atoms with Crippen LogP contribution < -0.4 is 14.2 Å². The van der Waals surface area contributed by atoms with E-state index in [1.807, 2.05) is 0 Å². The number of phenols is 11. The number of rotatable bonds is 5. The van der Waals surface area contributed by atoms with E-state index in [9.17, 15) is 71.5 Å². The molecule has 0 aromatic heterocycles. The van der Waals surface area contributed by atoms with Crippen LogP contribution in [0.25, 0.3) is 0 Å². The molecule has 0 aliphatic carbocycles. The Morgan fingerprint density at radius 1 is 0.387 bits per heavy atom. The predicted molar refractivity (Wildman–Crippen MR) is 212 cm³/mol. The smallest absolute Gasteiger partial charge is 0.157 e. The molecule has 62 heavy (non-hydrogen) atoms. The summed E-state index contributed by atoms with van der Waals surface area (Å²) in [6.45, 7) is 0. The maximum absolute atomic E-state index is 12.5. The molecule has 8 unspecified atom stereocenters. The number of aliphatic hydroxyl groups is 3. The van der Waals surface area contributed by atoms with Crippen LogP contribution in [0.2, 0.25) is 0 Å². The number of hydrogen-bond donors (Lipinski definition) is 14. The number of hydrogen-bond acceptors (Lipinski definition) is 17. The van der Waals surface area contributed by atoms with Crippen LogP contribution in [0, 0.1) is 0 Å². The van der Waals surface area contributed by atoms with E-state index in [2.05, 4.69) is 0 Å². The quantitative estimate of drug-likeness (QED) is 0.104. The molecule has 3 aliphatic heterocycles. The van der Waals surface area contributed by atoms with Crippen molar-refractivity contribution in [1.29, 1.82) is 0 Å². The molecule has 8 atom stereocenters. The normalized spacial score (nSPS) is 23.8. The third kappa shape index (κ3) is 6.29. The molecule has 6 aromatic carbocycles. The minimum Gasteiger partial charge on any atom is -0.508 e. The van der Waals surface area contributed by atoms with Gasteiger partial charge in [-0.15, -0.1) is 0 Å². The Morgan fingerprint density at radius 3 is 1.45 bits per heavy atom. The molecule has 0 saturated heterocycles. The Morgan fingerprint density at radius 2 is 0.871 bits per heavy atom. The van der Waals surface area contributed by atoms with E-state index < -0.39 is 112 Å². The van der Waals surface area contributed by atoms with Crippen molar-refractivity contribution in [2.45, 2.75) is 54.9 Å². The Balaban J connectivity index is 1.29. The molecule has 320 valence electrons. The summed E-state index contributed by atoms with van der Waals surface area (Å²) in [4.78, 5) is 0. The van der Waals surface area contributed by atoms with Crippen LogP contribution in [0.3, 0.4) is 0 Å². The van der Waals surface area contributed by atoms with Crippen molar-refractivity contribution in [3.63, 3.8) is 0 Å². The molecule has 17 nitrogen and oxygen atoms in total. The SMILES string of the molecule is Oc1cc(O)c2c(c1)OC(c1ccc(O)c(O)c1)C(O)C2c1c(O)ccc2c1OC(c1ccc(O)c(O)c1)C(O)C2c1c(O)cc(O)c2c1OC(c1ccc(O)c(O)c1)C(O)C2. The van der Waals surface area contributed by atoms with Gasteiger partial charge in [-0.1, -0.05) is 24.3 Å². The lowest BCUT2D eigenvalue weighted by molar-refractivity contribution is -0.00504.